The molecule has 0 aromatic rings. The van der Waals surface area contributed by atoms with Gasteiger partial charge in [-0.3, -0.25) is 4.79 Å². The lowest BCUT2D eigenvalue weighted by molar-refractivity contribution is -0.141. The van der Waals surface area contributed by atoms with E-state index >= 15 is 0 Å². The van der Waals surface area contributed by atoms with E-state index in [-0.39, 0.29) is 23.9 Å². The standard InChI is InChI=1S/C10H13BO4/c11-9(13)2-1-5-6-3-10(14)15-8(6)4-7(5)12/h1-2,5-9,12-13H,3-4H2/b2-1+/t5-,6-,7-,8+,9?/m1/s1. The Hall–Kier alpha value is -0.805. The Bertz CT molecular complexity index is 289. The summed E-state index contributed by atoms with van der Waals surface area (Å²) in [6.07, 6.45) is 3.25. The highest BCUT2D eigenvalue weighted by molar-refractivity contribution is 6.12. The van der Waals surface area contributed by atoms with Crippen molar-refractivity contribution in [1.82, 2.24) is 0 Å². The molecular weight excluding hydrogens is 195 g/mol. The van der Waals surface area contributed by atoms with E-state index < -0.39 is 12.1 Å². The number of ether oxygens (including phenoxy) is 1. The molecule has 5 atom stereocenters. The second-order valence-corrected chi connectivity index (χ2v) is 4.15. The van der Waals surface area contributed by atoms with Gasteiger partial charge in [-0.15, -0.1) is 0 Å². The smallest absolute Gasteiger partial charge is 0.306 e. The van der Waals surface area contributed by atoms with Gasteiger partial charge in [0.15, 0.2) is 0 Å². The molecule has 4 nitrogen and oxygen atoms in total. The van der Waals surface area contributed by atoms with Crippen LogP contribution in [0.25, 0.3) is 0 Å². The summed E-state index contributed by atoms with van der Waals surface area (Å²) >= 11 is 0. The quantitative estimate of drug-likeness (QED) is 0.359. The van der Waals surface area contributed by atoms with E-state index in [1.165, 1.54) is 6.08 Å². The molecule has 0 amide bonds. The molecule has 2 aliphatic rings. The Morgan fingerprint density at radius 1 is 1.60 bits per heavy atom. The monoisotopic (exact) mass is 208 g/mol. The van der Waals surface area contributed by atoms with E-state index in [0.717, 1.165) is 0 Å². The number of esters is 1. The van der Waals surface area contributed by atoms with Gasteiger partial charge in [0.05, 0.1) is 12.5 Å². The largest absolute Gasteiger partial charge is 0.462 e. The van der Waals surface area contributed by atoms with E-state index in [2.05, 4.69) is 0 Å². The van der Waals surface area contributed by atoms with Crippen LogP contribution in [0.2, 0.25) is 0 Å². The zero-order valence-corrected chi connectivity index (χ0v) is 8.24. The van der Waals surface area contributed by atoms with Crippen LogP contribution >= 0.6 is 0 Å². The molecule has 1 saturated carbocycles. The molecule has 5 heteroatoms. The fourth-order valence-electron chi connectivity index (χ4n) is 2.43. The molecule has 2 N–H and O–H groups in total. The van der Waals surface area contributed by atoms with Gasteiger partial charge in [-0.2, -0.15) is 0 Å². The summed E-state index contributed by atoms with van der Waals surface area (Å²) in [4.78, 5) is 11.0. The first kappa shape index (κ1) is 10.7. The summed E-state index contributed by atoms with van der Waals surface area (Å²) in [5, 5.41) is 18.6. The molecule has 1 unspecified atom stereocenters. The lowest BCUT2D eigenvalue weighted by Crippen LogP contribution is -2.18. The Morgan fingerprint density at radius 3 is 3.00 bits per heavy atom. The third-order valence-corrected chi connectivity index (χ3v) is 3.11. The minimum absolute atomic E-state index is 0.0301. The minimum atomic E-state index is -1.02. The maximum absolute atomic E-state index is 11.0. The molecule has 1 aliphatic heterocycles. The number of carbonyl (C=O) groups excluding carboxylic acids is 1. The van der Waals surface area contributed by atoms with E-state index in [9.17, 15) is 9.90 Å². The molecular formula is C10H13BO4. The second kappa shape index (κ2) is 3.98. The summed E-state index contributed by atoms with van der Waals surface area (Å²) in [5.74, 6) is -0.314. The van der Waals surface area contributed by atoms with Crippen LogP contribution in [0.5, 0.6) is 0 Å². The maximum atomic E-state index is 11.0. The average molecular weight is 208 g/mol. The van der Waals surface area contributed by atoms with Gasteiger partial charge in [-0.25, -0.2) is 0 Å². The number of aliphatic hydroxyl groups is 2. The summed E-state index contributed by atoms with van der Waals surface area (Å²) in [7, 11) is 5.17. The molecule has 2 fully saturated rings. The fourth-order valence-corrected chi connectivity index (χ4v) is 2.43. The number of rotatable bonds is 2. The van der Waals surface area contributed by atoms with Crippen molar-refractivity contribution in [2.24, 2.45) is 11.8 Å². The van der Waals surface area contributed by atoms with Crippen LogP contribution in [0.3, 0.4) is 0 Å². The number of fused-ring (bicyclic) bond motifs is 1. The topological polar surface area (TPSA) is 66.8 Å². The number of carbonyl (C=O) groups is 1. The van der Waals surface area contributed by atoms with Crippen LogP contribution in [-0.2, 0) is 9.53 Å². The molecule has 15 heavy (non-hydrogen) atoms. The van der Waals surface area contributed by atoms with E-state index in [1.807, 2.05) is 0 Å². The molecule has 2 rings (SSSR count). The highest BCUT2D eigenvalue weighted by Gasteiger charge is 2.48. The Morgan fingerprint density at radius 2 is 2.33 bits per heavy atom. The average Bonchev–Trinajstić information content (AvgIpc) is 2.57. The summed E-state index contributed by atoms with van der Waals surface area (Å²) < 4.78 is 5.07. The second-order valence-electron chi connectivity index (χ2n) is 4.15. The number of hydrogen-bond acceptors (Lipinski definition) is 4. The molecule has 1 aliphatic carbocycles. The molecule has 0 aromatic carbocycles. The predicted octanol–water partition coefficient (Wildman–Crippen LogP) is -0.658. The SMILES string of the molecule is [B]C(O)/C=C/[C@@H]1[C@H]2CC(=O)O[C@H]2C[C@H]1O. The molecule has 0 bridgehead atoms. The predicted molar refractivity (Wildman–Crippen MR) is 53.0 cm³/mol. The zero-order valence-electron chi connectivity index (χ0n) is 8.24. The lowest BCUT2D eigenvalue weighted by Gasteiger charge is -2.14. The third-order valence-electron chi connectivity index (χ3n) is 3.11. The third kappa shape index (κ3) is 2.08. The van der Waals surface area contributed by atoms with Crippen LogP contribution < -0.4 is 0 Å². The highest BCUT2D eigenvalue weighted by atomic mass is 16.6. The van der Waals surface area contributed by atoms with Crippen molar-refractivity contribution in [3.05, 3.63) is 12.2 Å². The van der Waals surface area contributed by atoms with Crippen molar-refractivity contribution in [1.29, 1.82) is 0 Å². The van der Waals surface area contributed by atoms with Gasteiger partial charge in [-0.1, -0.05) is 12.2 Å². The minimum Gasteiger partial charge on any atom is -0.462 e. The van der Waals surface area contributed by atoms with Crippen LogP contribution in [-0.4, -0.2) is 42.2 Å². The fraction of sp³-hybridized carbons (Fsp3) is 0.700. The van der Waals surface area contributed by atoms with Crippen molar-refractivity contribution >= 4 is 13.8 Å². The van der Waals surface area contributed by atoms with Crippen molar-refractivity contribution in [2.75, 3.05) is 0 Å². The lowest BCUT2D eigenvalue weighted by atomic mass is 9.90. The van der Waals surface area contributed by atoms with Gasteiger partial charge in [0.2, 0.25) is 0 Å². The van der Waals surface area contributed by atoms with Gasteiger partial charge < -0.3 is 14.9 Å². The van der Waals surface area contributed by atoms with Gasteiger partial charge in [-0.05, 0) is 0 Å². The molecule has 2 radical (unpaired) electrons. The number of hydrogen-bond donors (Lipinski definition) is 2. The van der Waals surface area contributed by atoms with Gasteiger partial charge in [0, 0.05) is 24.3 Å². The first-order valence-electron chi connectivity index (χ1n) is 5.07. The van der Waals surface area contributed by atoms with Crippen molar-refractivity contribution in [2.45, 2.75) is 31.1 Å². The Kier molecular flexibility index (Phi) is 2.84. The normalized spacial score (nSPS) is 41.9. The molecule has 1 heterocycles. The van der Waals surface area contributed by atoms with Gasteiger partial charge >= 0.3 is 5.97 Å². The van der Waals surface area contributed by atoms with Crippen LogP contribution in [0.15, 0.2) is 12.2 Å². The Labute approximate surface area is 89.3 Å². The Balaban J connectivity index is 2.07. The highest BCUT2D eigenvalue weighted by Crippen LogP contribution is 2.41. The van der Waals surface area contributed by atoms with Crippen molar-refractivity contribution in [3.8, 4) is 0 Å². The first-order chi connectivity index (χ1) is 7.08. The van der Waals surface area contributed by atoms with Gasteiger partial charge in [0.1, 0.15) is 14.0 Å². The molecule has 0 spiro atoms. The van der Waals surface area contributed by atoms with Gasteiger partial charge in [0.25, 0.3) is 0 Å². The summed E-state index contributed by atoms with van der Waals surface area (Å²) in [5.41, 5.74) is 0. The van der Waals surface area contributed by atoms with Crippen LogP contribution in [0.1, 0.15) is 12.8 Å². The molecule has 0 aromatic heterocycles. The zero-order chi connectivity index (χ0) is 11.0. The number of aliphatic hydroxyl groups excluding tert-OH is 2. The molecule has 80 valence electrons. The maximum Gasteiger partial charge on any atom is 0.306 e. The molecule has 1 saturated heterocycles. The van der Waals surface area contributed by atoms with E-state index in [1.54, 1.807) is 6.08 Å². The van der Waals surface area contributed by atoms with Crippen LogP contribution in [0, 0.1) is 11.8 Å². The van der Waals surface area contributed by atoms with E-state index in [0.29, 0.717) is 12.8 Å². The summed E-state index contributed by atoms with van der Waals surface area (Å²) in [6.45, 7) is 0. The summed E-state index contributed by atoms with van der Waals surface area (Å²) in [6, 6.07) is -1.02. The van der Waals surface area contributed by atoms with E-state index in [4.69, 9.17) is 17.7 Å². The van der Waals surface area contributed by atoms with Crippen molar-refractivity contribution < 1.29 is 19.7 Å². The van der Waals surface area contributed by atoms with Crippen LogP contribution in [0.4, 0.5) is 0 Å². The van der Waals surface area contributed by atoms with Crippen molar-refractivity contribution in [3.63, 3.8) is 0 Å². The first-order valence-corrected chi connectivity index (χ1v) is 5.07.